The molecule has 1 aliphatic rings. The number of halogens is 2. The fourth-order valence-electron chi connectivity index (χ4n) is 2.43. The minimum absolute atomic E-state index is 0.0202. The van der Waals surface area contributed by atoms with E-state index < -0.39 is 15.9 Å². The Labute approximate surface area is 172 Å². The lowest BCUT2D eigenvalue weighted by Crippen LogP contribution is -2.26. The van der Waals surface area contributed by atoms with Crippen LogP contribution in [-0.2, 0) is 14.8 Å². The highest BCUT2D eigenvalue weighted by molar-refractivity contribution is 7.89. The van der Waals surface area contributed by atoms with Crippen molar-refractivity contribution >= 4 is 56.4 Å². The van der Waals surface area contributed by atoms with E-state index >= 15 is 0 Å². The van der Waals surface area contributed by atoms with Crippen molar-refractivity contribution in [3.05, 3.63) is 52.0 Å². The van der Waals surface area contributed by atoms with Crippen molar-refractivity contribution in [2.45, 2.75) is 30.7 Å². The molecule has 28 heavy (non-hydrogen) atoms. The summed E-state index contributed by atoms with van der Waals surface area (Å²) in [5, 5.41) is 5.22. The van der Waals surface area contributed by atoms with Gasteiger partial charge >= 0.3 is 0 Å². The van der Waals surface area contributed by atoms with Gasteiger partial charge < -0.3 is 10.6 Å². The molecule has 0 bridgehead atoms. The average molecular weight is 442 g/mol. The Hall–Kier alpha value is -2.13. The van der Waals surface area contributed by atoms with Crippen LogP contribution in [-0.4, -0.2) is 26.3 Å². The number of anilines is 2. The lowest BCUT2D eigenvalue weighted by atomic mass is 10.2. The van der Waals surface area contributed by atoms with E-state index in [9.17, 15) is 18.0 Å². The SMILES string of the molecule is CC(=O)Nc1ccc(NC(=O)c2cc(S(=O)(=O)NC3CC3)c(Cl)cc2Cl)cc1. The number of carbonyl (C=O) groups excluding carboxylic acids is 2. The lowest BCUT2D eigenvalue weighted by molar-refractivity contribution is -0.114. The van der Waals surface area contributed by atoms with Crippen LogP contribution in [0.3, 0.4) is 0 Å². The first-order valence-corrected chi connectivity index (χ1v) is 10.6. The summed E-state index contributed by atoms with van der Waals surface area (Å²) in [4.78, 5) is 23.5. The summed E-state index contributed by atoms with van der Waals surface area (Å²) in [6.45, 7) is 1.39. The highest BCUT2D eigenvalue weighted by Gasteiger charge is 2.30. The zero-order valence-electron chi connectivity index (χ0n) is 14.8. The third-order valence-electron chi connectivity index (χ3n) is 3.92. The molecule has 3 rings (SSSR count). The fraction of sp³-hybridized carbons (Fsp3) is 0.222. The van der Waals surface area contributed by atoms with E-state index in [1.54, 1.807) is 24.3 Å². The predicted molar refractivity (Wildman–Crippen MR) is 109 cm³/mol. The highest BCUT2D eigenvalue weighted by atomic mass is 35.5. The number of carbonyl (C=O) groups is 2. The molecule has 1 saturated carbocycles. The van der Waals surface area contributed by atoms with E-state index in [0.29, 0.717) is 11.4 Å². The molecular formula is C18H17Cl2N3O4S. The zero-order valence-corrected chi connectivity index (χ0v) is 17.1. The molecule has 2 amide bonds. The van der Waals surface area contributed by atoms with Gasteiger partial charge in [0.15, 0.2) is 0 Å². The van der Waals surface area contributed by atoms with Crippen LogP contribution in [0.2, 0.25) is 10.0 Å². The van der Waals surface area contributed by atoms with Crippen LogP contribution in [0.1, 0.15) is 30.1 Å². The minimum Gasteiger partial charge on any atom is -0.326 e. The Bertz CT molecular complexity index is 1040. The third-order valence-corrected chi connectivity index (χ3v) is 6.22. The van der Waals surface area contributed by atoms with Crippen molar-refractivity contribution in [3.8, 4) is 0 Å². The van der Waals surface area contributed by atoms with E-state index in [4.69, 9.17) is 23.2 Å². The van der Waals surface area contributed by atoms with Crippen molar-refractivity contribution in [1.29, 1.82) is 0 Å². The first-order chi connectivity index (χ1) is 13.2. The van der Waals surface area contributed by atoms with Crippen molar-refractivity contribution in [2.24, 2.45) is 0 Å². The van der Waals surface area contributed by atoms with Crippen LogP contribution < -0.4 is 15.4 Å². The smallest absolute Gasteiger partial charge is 0.257 e. The Balaban J connectivity index is 1.83. The van der Waals surface area contributed by atoms with E-state index in [1.165, 1.54) is 13.0 Å². The summed E-state index contributed by atoms with van der Waals surface area (Å²) >= 11 is 12.1. The first kappa shape index (κ1) is 20.6. The van der Waals surface area contributed by atoms with Gasteiger partial charge in [-0.25, -0.2) is 13.1 Å². The molecule has 3 N–H and O–H groups in total. The van der Waals surface area contributed by atoms with Crippen LogP contribution in [0.5, 0.6) is 0 Å². The van der Waals surface area contributed by atoms with Gasteiger partial charge in [-0.1, -0.05) is 23.2 Å². The zero-order chi connectivity index (χ0) is 20.5. The number of rotatable bonds is 6. The molecular weight excluding hydrogens is 425 g/mol. The summed E-state index contributed by atoms with van der Waals surface area (Å²) in [6, 6.07) is 8.73. The highest BCUT2D eigenvalue weighted by Crippen LogP contribution is 2.31. The second kappa shape index (κ2) is 8.08. The van der Waals surface area contributed by atoms with Gasteiger partial charge in [0.05, 0.1) is 15.6 Å². The van der Waals surface area contributed by atoms with Crippen molar-refractivity contribution in [1.82, 2.24) is 4.72 Å². The maximum Gasteiger partial charge on any atom is 0.257 e. The van der Waals surface area contributed by atoms with Crippen molar-refractivity contribution in [2.75, 3.05) is 10.6 Å². The summed E-state index contributed by atoms with van der Waals surface area (Å²) in [6.07, 6.45) is 1.54. The number of hydrogen-bond donors (Lipinski definition) is 3. The van der Waals surface area contributed by atoms with Crippen molar-refractivity contribution in [3.63, 3.8) is 0 Å². The molecule has 10 heteroatoms. The Morgan fingerprint density at radius 2 is 1.54 bits per heavy atom. The van der Waals surface area contributed by atoms with E-state index in [1.807, 2.05) is 0 Å². The largest absolute Gasteiger partial charge is 0.326 e. The predicted octanol–water partition coefficient (Wildman–Crippen LogP) is 3.64. The van der Waals surface area contributed by atoms with Crippen LogP contribution in [0, 0.1) is 0 Å². The molecule has 0 aromatic heterocycles. The molecule has 7 nitrogen and oxygen atoms in total. The second-order valence-corrected chi connectivity index (χ2v) is 8.87. The molecule has 0 saturated heterocycles. The van der Waals surface area contributed by atoms with Crippen LogP contribution in [0.25, 0.3) is 0 Å². The van der Waals surface area contributed by atoms with Crippen LogP contribution in [0.15, 0.2) is 41.3 Å². The average Bonchev–Trinajstić information content (AvgIpc) is 3.39. The Morgan fingerprint density at radius 1 is 0.964 bits per heavy atom. The summed E-state index contributed by atoms with van der Waals surface area (Å²) in [5.41, 5.74) is 1.01. The molecule has 2 aromatic rings. The lowest BCUT2D eigenvalue weighted by Gasteiger charge is -2.12. The van der Waals surface area contributed by atoms with Crippen molar-refractivity contribution < 1.29 is 18.0 Å². The number of hydrogen-bond acceptors (Lipinski definition) is 4. The molecule has 1 fully saturated rings. The molecule has 0 heterocycles. The second-order valence-electron chi connectivity index (χ2n) is 6.37. The number of benzene rings is 2. The van der Waals surface area contributed by atoms with Gasteiger partial charge in [-0.3, -0.25) is 9.59 Å². The van der Waals surface area contributed by atoms with E-state index in [2.05, 4.69) is 15.4 Å². The Kier molecular flexibility index (Phi) is 5.95. The first-order valence-electron chi connectivity index (χ1n) is 8.36. The monoisotopic (exact) mass is 441 g/mol. The minimum atomic E-state index is -3.85. The summed E-state index contributed by atoms with van der Waals surface area (Å²) in [5.74, 6) is -0.796. The van der Waals surface area contributed by atoms with Gasteiger partial charge in [-0.2, -0.15) is 0 Å². The summed E-state index contributed by atoms with van der Waals surface area (Å²) < 4.78 is 27.5. The summed E-state index contributed by atoms with van der Waals surface area (Å²) in [7, 11) is -3.85. The normalized spacial score (nSPS) is 13.8. The number of sulfonamides is 1. The molecule has 0 radical (unpaired) electrons. The maximum atomic E-state index is 12.6. The standard InChI is InChI=1S/C18H17Cl2N3O4S/c1-10(24)21-11-2-4-12(5-3-11)22-18(25)14-8-17(16(20)9-15(14)19)28(26,27)23-13-6-7-13/h2-5,8-9,13,23H,6-7H2,1H3,(H,21,24)(H,22,25). The maximum absolute atomic E-state index is 12.6. The Morgan fingerprint density at radius 3 is 2.07 bits per heavy atom. The van der Waals surface area contributed by atoms with Gasteiger partial charge in [-0.05, 0) is 49.2 Å². The van der Waals surface area contributed by atoms with E-state index in [-0.39, 0.29) is 32.5 Å². The molecule has 0 unspecified atom stereocenters. The molecule has 2 aromatic carbocycles. The van der Waals surface area contributed by atoms with Gasteiger partial charge in [0, 0.05) is 24.3 Å². The molecule has 0 atom stereocenters. The topological polar surface area (TPSA) is 104 Å². The molecule has 0 aliphatic heterocycles. The number of nitrogens with one attached hydrogen (secondary N) is 3. The van der Waals surface area contributed by atoms with Gasteiger partial charge in [0.2, 0.25) is 15.9 Å². The van der Waals surface area contributed by atoms with Gasteiger partial charge in [0.25, 0.3) is 5.91 Å². The fourth-order valence-corrected chi connectivity index (χ4v) is 4.60. The van der Waals surface area contributed by atoms with Gasteiger partial charge in [-0.15, -0.1) is 0 Å². The molecule has 0 spiro atoms. The van der Waals surface area contributed by atoms with Crippen LogP contribution >= 0.6 is 23.2 Å². The van der Waals surface area contributed by atoms with E-state index in [0.717, 1.165) is 18.9 Å². The van der Waals surface area contributed by atoms with Crippen LogP contribution in [0.4, 0.5) is 11.4 Å². The molecule has 148 valence electrons. The number of amides is 2. The quantitative estimate of drug-likeness (QED) is 0.635. The molecule has 1 aliphatic carbocycles. The van der Waals surface area contributed by atoms with Gasteiger partial charge in [0.1, 0.15) is 4.90 Å². The third kappa shape index (κ3) is 5.02.